The van der Waals surface area contributed by atoms with Crippen molar-refractivity contribution in [3.8, 4) is 0 Å². The first-order valence-corrected chi connectivity index (χ1v) is 5.59. The molecular formula is C11H9ClN6. The van der Waals surface area contributed by atoms with Gasteiger partial charge in [-0.1, -0.05) is 17.7 Å². The van der Waals surface area contributed by atoms with E-state index in [0.29, 0.717) is 16.5 Å². The minimum Gasteiger partial charge on any atom is -0.368 e. The average Bonchev–Trinajstić information content (AvgIpc) is 2.77. The van der Waals surface area contributed by atoms with Crippen LogP contribution < -0.4 is 11.1 Å². The van der Waals surface area contributed by atoms with Gasteiger partial charge in [0, 0.05) is 10.7 Å². The predicted octanol–water partition coefficient (Wildman–Crippen LogP) is 2.33. The molecule has 0 saturated heterocycles. The molecule has 0 saturated carbocycles. The van der Waals surface area contributed by atoms with Crippen LogP contribution in [0.25, 0.3) is 11.0 Å². The first kappa shape index (κ1) is 10.8. The van der Waals surface area contributed by atoms with Crippen LogP contribution in [0.1, 0.15) is 0 Å². The van der Waals surface area contributed by atoms with E-state index in [2.05, 4.69) is 25.5 Å². The topological polar surface area (TPSA) is 92.5 Å². The van der Waals surface area contributed by atoms with E-state index in [1.54, 1.807) is 18.3 Å². The number of rotatable bonds is 2. The SMILES string of the molecule is Nc1nc(Nc2cccc(Cl)c2)c2cn[nH]c2n1. The lowest BCUT2D eigenvalue weighted by Gasteiger charge is -2.07. The number of H-pyrrole nitrogens is 1. The van der Waals surface area contributed by atoms with E-state index in [4.69, 9.17) is 17.3 Å². The van der Waals surface area contributed by atoms with Gasteiger partial charge < -0.3 is 11.1 Å². The largest absolute Gasteiger partial charge is 0.368 e. The summed E-state index contributed by atoms with van der Waals surface area (Å²) >= 11 is 5.92. The van der Waals surface area contributed by atoms with Gasteiger partial charge >= 0.3 is 0 Å². The quantitative estimate of drug-likeness (QED) is 0.658. The summed E-state index contributed by atoms with van der Waals surface area (Å²) in [6.07, 6.45) is 1.64. The van der Waals surface area contributed by atoms with Gasteiger partial charge in [0.2, 0.25) is 5.95 Å². The Balaban J connectivity index is 2.06. The van der Waals surface area contributed by atoms with Gasteiger partial charge in [0.05, 0.1) is 11.6 Å². The van der Waals surface area contributed by atoms with Crippen LogP contribution in [-0.2, 0) is 0 Å². The molecule has 0 atom stereocenters. The normalized spacial score (nSPS) is 10.7. The zero-order valence-corrected chi connectivity index (χ0v) is 9.94. The predicted molar refractivity (Wildman–Crippen MR) is 70.8 cm³/mol. The molecule has 0 bridgehead atoms. The molecule has 0 aliphatic carbocycles. The number of benzene rings is 1. The molecule has 0 unspecified atom stereocenters. The Hall–Kier alpha value is -2.34. The molecule has 6 nitrogen and oxygen atoms in total. The molecule has 0 fully saturated rings. The highest BCUT2D eigenvalue weighted by Crippen LogP contribution is 2.24. The van der Waals surface area contributed by atoms with Crippen molar-refractivity contribution in [3.63, 3.8) is 0 Å². The number of aromatic amines is 1. The van der Waals surface area contributed by atoms with Crippen LogP contribution in [-0.4, -0.2) is 20.2 Å². The van der Waals surface area contributed by atoms with E-state index in [9.17, 15) is 0 Å². The van der Waals surface area contributed by atoms with Crippen molar-refractivity contribution in [3.05, 3.63) is 35.5 Å². The summed E-state index contributed by atoms with van der Waals surface area (Å²) < 4.78 is 0. The molecule has 1 aromatic carbocycles. The molecule has 90 valence electrons. The molecule has 18 heavy (non-hydrogen) atoms. The van der Waals surface area contributed by atoms with Gasteiger partial charge in [0.25, 0.3) is 0 Å². The van der Waals surface area contributed by atoms with Crippen LogP contribution in [0.4, 0.5) is 17.5 Å². The first-order chi connectivity index (χ1) is 8.72. The van der Waals surface area contributed by atoms with Gasteiger partial charge in [-0.2, -0.15) is 15.1 Å². The Labute approximate surface area is 107 Å². The van der Waals surface area contributed by atoms with Crippen LogP contribution >= 0.6 is 11.6 Å². The van der Waals surface area contributed by atoms with Crippen LogP contribution in [0.5, 0.6) is 0 Å². The van der Waals surface area contributed by atoms with Crippen LogP contribution in [0.3, 0.4) is 0 Å². The number of anilines is 3. The van der Waals surface area contributed by atoms with Crippen molar-refractivity contribution < 1.29 is 0 Å². The molecule has 2 aromatic heterocycles. The monoisotopic (exact) mass is 260 g/mol. The molecule has 7 heteroatoms. The summed E-state index contributed by atoms with van der Waals surface area (Å²) in [5, 5.41) is 11.2. The third kappa shape index (κ3) is 1.93. The lowest BCUT2D eigenvalue weighted by Crippen LogP contribution is -2.00. The first-order valence-electron chi connectivity index (χ1n) is 5.21. The Morgan fingerprint density at radius 2 is 2.17 bits per heavy atom. The second kappa shape index (κ2) is 4.15. The van der Waals surface area contributed by atoms with Gasteiger partial charge in [0.15, 0.2) is 5.65 Å². The summed E-state index contributed by atoms with van der Waals surface area (Å²) in [5.41, 5.74) is 7.04. The Morgan fingerprint density at radius 1 is 1.28 bits per heavy atom. The second-order valence-electron chi connectivity index (χ2n) is 3.70. The molecule has 2 heterocycles. The molecule has 3 aromatic rings. The van der Waals surface area contributed by atoms with Gasteiger partial charge in [0.1, 0.15) is 5.82 Å². The number of nitrogen functional groups attached to an aromatic ring is 1. The summed E-state index contributed by atoms with van der Waals surface area (Å²) in [6.45, 7) is 0. The Kier molecular flexibility index (Phi) is 2.49. The van der Waals surface area contributed by atoms with E-state index < -0.39 is 0 Å². The second-order valence-corrected chi connectivity index (χ2v) is 4.13. The van der Waals surface area contributed by atoms with Crippen LogP contribution in [0.15, 0.2) is 30.5 Å². The average molecular weight is 261 g/mol. The molecule has 4 N–H and O–H groups in total. The van der Waals surface area contributed by atoms with Gasteiger partial charge in [-0.3, -0.25) is 5.10 Å². The number of halogens is 1. The number of fused-ring (bicyclic) bond motifs is 1. The lowest BCUT2D eigenvalue weighted by molar-refractivity contribution is 1.09. The number of aromatic nitrogens is 4. The minimum absolute atomic E-state index is 0.177. The number of nitrogens with one attached hydrogen (secondary N) is 2. The summed E-state index contributed by atoms with van der Waals surface area (Å²) in [6, 6.07) is 7.33. The highest BCUT2D eigenvalue weighted by atomic mass is 35.5. The standard InChI is InChI=1S/C11H9ClN6/c12-6-2-1-3-7(4-6)15-9-8-5-14-18-10(8)17-11(13)16-9/h1-5H,(H4,13,14,15,16,17,18). The fourth-order valence-corrected chi connectivity index (χ4v) is 1.84. The molecule has 0 radical (unpaired) electrons. The minimum atomic E-state index is 0.177. The smallest absolute Gasteiger partial charge is 0.224 e. The third-order valence-electron chi connectivity index (χ3n) is 2.41. The number of hydrogen-bond donors (Lipinski definition) is 3. The molecular weight excluding hydrogens is 252 g/mol. The van der Waals surface area contributed by atoms with Crippen molar-refractivity contribution in [1.29, 1.82) is 0 Å². The molecule has 0 amide bonds. The van der Waals surface area contributed by atoms with E-state index in [1.807, 2.05) is 12.1 Å². The van der Waals surface area contributed by atoms with E-state index in [0.717, 1.165) is 11.1 Å². The molecule has 0 aliphatic heterocycles. The van der Waals surface area contributed by atoms with Gasteiger partial charge in [-0.25, -0.2) is 0 Å². The number of hydrogen-bond acceptors (Lipinski definition) is 5. The van der Waals surface area contributed by atoms with Crippen molar-refractivity contribution in [2.45, 2.75) is 0 Å². The van der Waals surface area contributed by atoms with Gasteiger partial charge in [-0.05, 0) is 18.2 Å². The summed E-state index contributed by atoms with van der Waals surface area (Å²) in [4.78, 5) is 8.19. The van der Waals surface area contributed by atoms with Crippen molar-refractivity contribution in [1.82, 2.24) is 20.2 Å². The lowest BCUT2D eigenvalue weighted by atomic mass is 10.3. The van der Waals surface area contributed by atoms with Crippen molar-refractivity contribution in [2.75, 3.05) is 11.1 Å². The summed E-state index contributed by atoms with van der Waals surface area (Å²) in [7, 11) is 0. The van der Waals surface area contributed by atoms with Gasteiger partial charge in [-0.15, -0.1) is 0 Å². The maximum Gasteiger partial charge on any atom is 0.224 e. The highest BCUT2D eigenvalue weighted by molar-refractivity contribution is 6.30. The highest BCUT2D eigenvalue weighted by Gasteiger charge is 2.08. The third-order valence-corrected chi connectivity index (χ3v) is 2.65. The Bertz CT molecular complexity index is 708. The fraction of sp³-hybridized carbons (Fsp3) is 0. The van der Waals surface area contributed by atoms with Crippen molar-refractivity contribution in [2.24, 2.45) is 0 Å². The van der Waals surface area contributed by atoms with E-state index >= 15 is 0 Å². The van der Waals surface area contributed by atoms with Crippen molar-refractivity contribution >= 4 is 40.1 Å². The molecule has 3 rings (SSSR count). The zero-order valence-electron chi connectivity index (χ0n) is 9.18. The Morgan fingerprint density at radius 3 is 3.00 bits per heavy atom. The number of nitrogens with two attached hydrogens (primary N) is 1. The van der Waals surface area contributed by atoms with Crippen LogP contribution in [0.2, 0.25) is 5.02 Å². The van der Waals surface area contributed by atoms with Crippen LogP contribution in [0, 0.1) is 0 Å². The fourth-order valence-electron chi connectivity index (χ4n) is 1.65. The summed E-state index contributed by atoms with van der Waals surface area (Å²) in [5.74, 6) is 0.768. The van der Waals surface area contributed by atoms with E-state index in [-0.39, 0.29) is 5.95 Å². The maximum atomic E-state index is 5.92. The zero-order chi connectivity index (χ0) is 12.5. The number of nitrogens with zero attached hydrogens (tertiary/aromatic N) is 3. The molecule has 0 spiro atoms. The maximum absolute atomic E-state index is 5.92. The molecule has 0 aliphatic rings. The van der Waals surface area contributed by atoms with E-state index in [1.165, 1.54) is 0 Å².